The van der Waals surface area contributed by atoms with Gasteiger partial charge in [0.2, 0.25) is 0 Å². The first-order chi connectivity index (χ1) is 13.5. The molecule has 1 aliphatic heterocycles. The van der Waals surface area contributed by atoms with Crippen LogP contribution in [0.4, 0.5) is 5.69 Å². The molecule has 0 bridgehead atoms. The number of guanidine groups is 1. The maximum Gasteiger partial charge on any atom is 0.193 e. The van der Waals surface area contributed by atoms with Gasteiger partial charge in [-0.25, -0.2) is 0 Å². The van der Waals surface area contributed by atoms with Crippen molar-refractivity contribution in [2.45, 2.75) is 38.0 Å². The molecule has 1 fully saturated rings. The van der Waals surface area contributed by atoms with Crippen molar-refractivity contribution in [2.24, 2.45) is 10.7 Å². The Kier molecular flexibility index (Phi) is 8.77. The molecule has 0 saturated carbocycles. The lowest BCUT2D eigenvalue weighted by Crippen LogP contribution is -2.38. The fraction of sp³-hybridized carbons (Fsp3) is 0.435. The van der Waals surface area contributed by atoms with Crippen LogP contribution in [0.2, 0.25) is 0 Å². The molecule has 2 aromatic carbocycles. The summed E-state index contributed by atoms with van der Waals surface area (Å²) in [6.07, 6.45) is 1.86. The summed E-state index contributed by atoms with van der Waals surface area (Å²) >= 11 is 0. The standard InChI is InChI=1S/C23H31N3O2.HI/c1-17(2)18-5-4-6-20(15-18)26-22(24)25-16-23(11-13-28-14-12-23)19-7-9-21(27-3)10-8-19;/h4-10,15,17H,11-14,16H2,1-3H3,(H3,24,25,26);1H. The van der Waals surface area contributed by atoms with Crippen molar-refractivity contribution in [3.05, 3.63) is 59.7 Å². The number of aliphatic imine (C=N–C) groups is 1. The van der Waals surface area contributed by atoms with Crippen molar-refractivity contribution in [3.63, 3.8) is 0 Å². The molecule has 0 radical (unpaired) electrons. The van der Waals surface area contributed by atoms with Gasteiger partial charge in [-0.15, -0.1) is 24.0 Å². The van der Waals surface area contributed by atoms with Gasteiger partial charge in [-0.3, -0.25) is 4.99 Å². The summed E-state index contributed by atoms with van der Waals surface area (Å²) in [5.74, 6) is 1.78. The van der Waals surface area contributed by atoms with E-state index in [1.165, 1.54) is 11.1 Å². The molecule has 1 saturated heterocycles. The van der Waals surface area contributed by atoms with E-state index < -0.39 is 0 Å². The van der Waals surface area contributed by atoms with E-state index in [2.05, 4.69) is 43.4 Å². The molecule has 0 aromatic heterocycles. The van der Waals surface area contributed by atoms with E-state index in [9.17, 15) is 0 Å². The molecule has 158 valence electrons. The first-order valence-electron chi connectivity index (χ1n) is 9.92. The van der Waals surface area contributed by atoms with Crippen LogP contribution in [0.3, 0.4) is 0 Å². The van der Waals surface area contributed by atoms with Crippen LogP contribution in [0, 0.1) is 0 Å². The van der Waals surface area contributed by atoms with E-state index in [0.717, 1.165) is 37.5 Å². The third-order valence-corrected chi connectivity index (χ3v) is 5.53. The number of nitrogens with two attached hydrogens (primary N) is 1. The molecule has 2 aromatic rings. The van der Waals surface area contributed by atoms with Crippen LogP contribution in [0.5, 0.6) is 5.75 Å². The molecule has 29 heavy (non-hydrogen) atoms. The normalized spacial score (nSPS) is 16.2. The SMILES string of the molecule is COc1ccc(C2(CN=C(N)Nc3cccc(C(C)C)c3)CCOCC2)cc1.I. The predicted molar refractivity (Wildman–Crippen MR) is 131 cm³/mol. The summed E-state index contributed by atoms with van der Waals surface area (Å²) in [5, 5.41) is 3.24. The highest BCUT2D eigenvalue weighted by Crippen LogP contribution is 2.36. The van der Waals surface area contributed by atoms with Gasteiger partial charge in [-0.2, -0.15) is 0 Å². The van der Waals surface area contributed by atoms with Crippen LogP contribution >= 0.6 is 24.0 Å². The second kappa shape index (κ2) is 10.8. The molecule has 3 rings (SSSR count). The van der Waals surface area contributed by atoms with Gasteiger partial charge < -0.3 is 20.5 Å². The Hall–Kier alpha value is -1.80. The molecule has 0 amide bonds. The van der Waals surface area contributed by atoms with Gasteiger partial charge in [-0.05, 0) is 54.2 Å². The average Bonchev–Trinajstić information content (AvgIpc) is 2.73. The van der Waals surface area contributed by atoms with Crippen molar-refractivity contribution in [1.82, 2.24) is 0 Å². The number of benzene rings is 2. The zero-order chi connectivity index (χ0) is 20.0. The lowest BCUT2D eigenvalue weighted by Gasteiger charge is -2.36. The van der Waals surface area contributed by atoms with Gasteiger partial charge in [0.15, 0.2) is 5.96 Å². The van der Waals surface area contributed by atoms with Crippen molar-refractivity contribution in [3.8, 4) is 5.75 Å². The molecule has 3 N–H and O–H groups in total. The summed E-state index contributed by atoms with van der Waals surface area (Å²) in [7, 11) is 1.68. The number of ether oxygens (including phenoxy) is 2. The van der Waals surface area contributed by atoms with Gasteiger partial charge in [0.25, 0.3) is 0 Å². The van der Waals surface area contributed by atoms with E-state index in [-0.39, 0.29) is 29.4 Å². The Morgan fingerprint density at radius 2 is 1.86 bits per heavy atom. The lowest BCUT2D eigenvalue weighted by atomic mass is 9.74. The maximum absolute atomic E-state index is 6.22. The smallest absolute Gasteiger partial charge is 0.193 e. The molecular weight excluding hydrogens is 477 g/mol. The second-order valence-electron chi connectivity index (χ2n) is 7.73. The van der Waals surface area contributed by atoms with Crippen LogP contribution in [0.25, 0.3) is 0 Å². The monoisotopic (exact) mass is 509 g/mol. The Labute approximate surface area is 191 Å². The number of rotatable bonds is 6. The molecular formula is C23H32IN3O2. The zero-order valence-corrected chi connectivity index (χ0v) is 19.8. The topological polar surface area (TPSA) is 68.9 Å². The van der Waals surface area contributed by atoms with Crippen LogP contribution in [-0.4, -0.2) is 32.8 Å². The van der Waals surface area contributed by atoms with Crippen LogP contribution < -0.4 is 15.8 Å². The number of methoxy groups -OCH3 is 1. The number of hydrogen-bond acceptors (Lipinski definition) is 3. The minimum atomic E-state index is -0.0589. The highest BCUT2D eigenvalue weighted by atomic mass is 127. The van der Waals surface area contributed by atoms with E-state index in [1.54, 1.807) is 7.11 Å². The molecule has 1 aliphatic rings. The van der Waals surface area contributed by atoms with Crippen molar-refractivity contribution < 1.29 is 9.47 Å². The lowest BCUT2D eigenvalue weighted by molar-refractivity contribution is 0.0531. The number of anilines is 1. The largest absolute Gasteiger partial charge is 0.497 e. The van der Waals surface area contributed by atoms with E-state index >= 15 is 0 Å². The van der Waals surface area contributed by atoms with Crippen molar-refractivity contribution in [2.75, 3.05) is 32.2 Å². The third-order valence-electron chi connectivity index (χ3n) is 5.53. The summed E-state index contributed by atoms with van der Waals surface area (Å²) in [5.41, 5.74) is 9.66. The molecule has 1 heterocycles. The summed E-state index contributed by atoms with van der Waals surface area (Å²) < 4.78 is 10.9. The Bertz CT molecular complexity index is 800. The van der Waals surface area contributed by atoms with Gasteiger partial charge in [0, 0.05) is 24.3 Å². The van der Waals surface area contributed by atoms with Crippen molar-refractivity contribution >= 4 is 35.6 Å². The number of hydrogen-bond donors (Lipinski definition) is 2. The van der Waals surface area contributed by atoms with Crippen LogP contribution in [0.1, 0.15) is 43.7 Å². The van der Waals surface area contributed by atoms with Gasteiger partial charge >= 0.3 is 0 Å². The fourth-order valence-electron chi connectivity index (χ4n) is 3.64. The Morgan fingerprint density at radius 3 is 2.48 bits per heavy atom. The molecule has 0 atom stereocenters. The van der Waals surface area contributed by atoms with Gasteiger partial charge in [0.1, 0.15) is 5.75 Å². The average molecular weight is 509 g/mol. The summed E-state index contributed by atoms with van der Waals surface area (Å²) in [6.45, 7) is 6.47. The molecule has 5 nitrogen and oxygen atoms in total. The van der Waals surface area contributed by atoms with E-state index in [1.807, 2.05) is 24.3 Å². The van der Waals surface area contributed by atoms with Crippen LogP contribution in [0.15, 0.2) is 53.5 Å². The Morgan fingerprint density at radius 1 is 1.17 bits per heavy atom. The minimum absolute atomic E-state index is 0. The van der Waals surface area contributed by atoms with Crippen molar-refractivity contribution in [1.29, 1.82) is 0 Å². The highest BCUT2D eigenvalue weighted by molar-refractivity contribution is 14.0. The number of nitrogens with zero attached hydrogens (tertiary/aromatic N) is 1. The predicted octanol–water partition coefficient (Wildman–Crippen LogP) is 4.91. The summed E-state index contributed by atoms with van der Waals surface area (Å²) in [4.78, 5) is 4.71. The number of nitrogens with one attached hydrogen (secondary N) is 1. The highest BCUT2D eigenvalue weighted by Gasteiger charge is 2.34. The molecule has 0 aliphatic carbocycles. The van der Waals surface area contributed by atoms with Gasteiger partial charge in [-0.1, -0.05) is 38.1 Å². The Balaban J connectivity index is 0.00000300. The third kappa shape index (κ3) is 6.09. The van der Waals surface area contributed by atoms with E-state index in [0.29, 0.717) is 18.4 Å². The van der Waals surface area contributed by atoms with E-state index in [4.69, 9.17) is 20.2 Å². The molecule has 6 heteroatoms. The summed E-state index contributed by atoms with van der Waals surface area (Å²) in [6, 6.07) is 16.6. The molecule has 0 spiro atoms. The first kappa shape index (κ1) is 23.5. The second-order valence-corrected chi connectivity index (χ2v) is 7.73. The fourth-order valence-corrected chi connectivity index (χ4v) is 3.64. The molecule has 0 unspecified atom stereocenters. The zero-order valence-electron chi connectivity index (χ0n) is 17.5. The quantitative estimate of drug-likeness (QED) is 0.330. The van der Waals surface area contributed by atoms with Crippen LogP contribution in [-0.2, 0) is 10.2 Å². The maximum atomic E-state index is 6.22. The number of halogens is 1. The van der Waals surface area contributed by atoms with Gasteiger partial charge in [0.05, 0.1) is 13.7 Å². The first-order valence-corrected chi connectivity index (χ1v) is 9.92. The minimum Gasteiger partial charge on any atom is -0.497 e.